The normalized spacial score (nSPS) is 17.0. The molecule has 1 aliphatic heterocycles. The Balaban J connectivity index is 1.58. The fourth-order valence-electron chi connectivity index (χ4n) is 3.27. The Morgan fingerprint density at radius 3 is 2.55 bits per heavy atom. The molecule has 0 saturated carbocycles. The van der Waals surface area contributed by atoms with Crippen LogP contribution in [0.15, 0.2) is 27.8 Å². The lowest BCUT2D eigenvalue weighted by Crippen LogP contribution is -2.25. The molecule has 1 saturated heterocycles. The molecular weight excluding hydrogens is 497 g/mol. The summed E-state index contributed by atoms with van der Waals surface area (Å²) in [6, 6.07) is 4.43. The van der Waals surface area contributed by atoms with Crippen molar-refractivity contribution in [3.05, 3.63) is 59.8 Å². The van der Waals surface area contributed by atoms with Crippen LogP contribution in [0, 0.1) is 0 Å². The molecule has 4 rings (SSSR count). The number of aromatic nitrogens is 5. The second kappa shape index (κ2) is 10.2. The lowest BCUT2D eigenvalue weighted by atomic mass is 10.1. The molecule has 10 nitrogen and oxygen atoms in total. The van der Waals surface area contributed by atoms with Gasteiger partial charge in [-0.1, -0.05) is 34.8 Å². The van der Waals surface area contributed by atoms with Crippen LogP contribution in [0.1, 0.15) is 37.9 Å². The van der Waals surface area contributed by atoms with E-state index in [0.29, 0.717) is 12.2 Å². The zero-order chi connectivity index (χ0) is 23.5. The Hall–Kier alpha value is -2.50. The van der Waals surface area contributed by atoms with Crippen molar-refractivity contribution in [2.75, 3.05) is 6.61 Å². The van der Waals surface area contributed by atoms with E-state index in [4.69, 9.17) is 49.0 Å². The van der Waals surface area contributed by atoms with Gasteiger partial charge in [0.25, 0.3) is 5.56 Å². The van der Waals surface area contributed by atoms with Crippen molar-refractivity contribution in [3.63, 3.8) is 0 Å². The number of ether oxygens (including phenoxy) is 3. The number of halogens is 3. The van der Waals surface area contributed by atoms with Crippen LogP contribution in [0.5, 0.6) is 11.6 Å². The van der Waals surface area contributed by atoms with Gasteiger partial charge in [0.1, 0.15) is 0 Å². The summed E-state index contributed by atoms with van der Waals surface area (Å²) in [6.45, 7) is 2.48. The average molecular weight is 515 g/mol. The second-order valence-corrected chi connectivity index (χ2v) is 8.40. The van der Waals surface area contributed by atoms with Gasteiger partial charge in [0.15, 0.2) is 22.9 Å². The summed E-state index contributed by atoms with van der Waals surface area (Å²) in [4.78, 5) is 25.3. The van der Waals surface area contributed by atoms with Crippen LogP contribution >= 0.6 is 34.8 Å². The van der Waals surface area contributed by atoms with Gasteiger partial charge in [0, 0.05) is 23.8 Å². The van der Waals surface area contributed by atoms with Crippen LogP contribution in [-0.2, 0) is 9.47 Å². The third-order valence-electron chi connectivity index (χ3n) is 4.88. The van der Waals surface area contributed by atoms with Crippen molar-refractivity contribution in [2.24, 2.45) is 0 Å². The SMILES string of the molecule is CC(OC1CCCCO1)c1cc(Oc2c(Cl)cc(-c3n[nH]c(=O)[nH]c3=O)cc2Cl)nnc1Cl. The van der Waals surface area contributed by atoms with Crippen molar-refractivity contribution in [1.82, 2.24) is 25.4 Å². The molecule has 0 aliphatic carbocycles. The van der Waals surface area contributed by atoms with Crippen molar-refractivity contribution in [1.29, 1.82) is 0 Å². The molecule has 1 aromatic carbocycles. The first kappa shape index (κ1) is 23.7. The Labute approximate surface area is 202 Å². The second-order valence-electron chi connectivity index (χ2n) is 7.23. The highest BCUT2D eigenvalue weighted by atomic mass is 35.5. The third kappa shape index (κ3) is 5.53. The van der Waals surface area contributed by atoms with Gasteiger partial charge in [0.05, 0.1) is 16.1 Å². The van der Waals surface area contributed by atoms with Gasteiger partial charge in [-0.2, -0.15) is 5.10 Å². The molecule has 0 amide bonds. The van der Waals surface area contributed by atoms with Crippen molar-refractivity contribution < 1.29 is 14.2 Å². The van der Waals surface area contributed by atoms with E-state index in [0.717, 1.165) is 19.3 Å². The molecule has 2 N–H and O–H groups in total. The number of rotatable bonds is 6. The van der Waals surface area contributed by atoms with E-state index in [1.807, 2.05) is 6.92 Å². The summed E-state index contributed by atoms with van der Waals surface area (Å²) in [7, 11) is 0. The smallest absolute Gasteiger partial charge is 0.342 e. The maximum atomic E-state index is 12.0. The largest absolute Gasteiger partial charge is 0.434 e. The van der Waals surface area contributed by atoms with Crippen LogP contribution in [0.2, 0.25) is 15.2 Å². The van der Waals surface area contributed by atoms with E-state index < -0.39 is 17.4 Å². The van der Waals surface area contributed by atoms with Crippen molar-refractivity contribution >= 4 is 34.8 Å². The number of nitrogens with zero attached hydrogens (tertiary/aromatic N) is 3. The van der Waals surface area contributed by atoms with Gasteiger partial charge in [-0.3, -0.25) is 9.78 Å². The molecule has 3 aromatic rings. The predicted octanol–water partition coefficient (Wildman–Crippen LogP) is 4.27. The summed E-state index contributed by atoms with van der Waals surface area (Å²) < 4.78 is 17.3. The summed E-state index contributed by atoms with van der Waals surface area (Å²) in [5, 5.41) is 14.1. The van der Waals surface area contributed by atoms with E-state index in [9.17, 15) is 9.59 Å². The fraction of sp³-hybridized carbons (Fsp3) is 0.350. The lowest BCUT2D eigenvalue weighted by Gasteiger charge is -2.26. The van der Waals surface area contributed by atoms with Gasteiger partial charge >= 0.3 is 5.69 Å². The van der Waals surface area contributed by atoms with Gasteiger partial charge in [-0.05, 0) is 38.3 Å². The Morgan fingerprint density at radius 2 is 1.88 bits per heavy atom. The van der Waals surface area contributed by atoms with Crippen LogP contribution in [0.25, 0.3) is 11.3 Å². The first-order valence-electron chi connectivity index (χ1n) is 9.98. The highest BCUT2D eigenvalue weighted by Gasteiger charge is 2.22. The minimum atomic E-state index is -0.730. The van der Waals surface area contributed by atoms with E-state index in [1.165, 1.54) is 12.1 Å². The Morgan fingerprint density at radius 1 is 1.12 bits per heavy atom. The molecule has 33 heavy (non-hydrogen) atoms. The first-order valence-corrected chi connectivity index (χ1v) is 11.1. The molecular formula is C20H18Cl3N5O5. The molecule has 13 heteroatoms. The zero-order valence-electron chi connectivity index (χ0n) is 17.2. The van der Waals surface area contributed by atoms with E-state index >= 15 is 0 Å². The van der Waals surface area contributed by atoms with Crippen molar-refractivity contribution in [2.45, 2.75) is 38.6 Å². The quantitative estimate of drug-likeness (QED) is 0.498. The average Bonchev–Trinajstić information content (AvgIpc) is 2.78. The molecule has 2 aromatic heterocycles. The predicted molar refractivity (Wildman–Crippen MR) is 121 cm³/mol. The number of hydrogen-bond acceptors (Lipinski definition) is 8. The maximum absolute atomic E-state index is 12.0. The van der Waals surface area contributed by atoms with Crippen LogP contribution in [-0.4, -0.2) is 38.3 Å². The Bertz CT molecular complexity index is 1250. The Kier molecular flexibility index (Phi) is 7.30. The van der Waals surface area contributed by atoms with Crippen LogP contribution in [0.4, 0.5) is 0 Å². The number of nitrogens with one attached hydrogen (secondary N) is 2. The lowest BCUT2D eigenvalue weighted by molar-refractivity contribution is -0.186. The van der Waals surface area contributed by atoms with Crippen molar-refractivity contribution in [3.8, 4) is 22.9 Å². The molecule has 0 radical (unpaired) electrons. The fourth-order valence-corrected chi connectivity index (χ4v) is 4.08. The van der Waals surface area contributed by atoms with E-state index in [-0.39, 0.29) is 44.4 Å². The summed E-state index contributed by atoms with van der Waals surface area (Å²) >= 11 is 18.9. The third-order valence-corrected chi connectivity index (χ3v) is 5.73. The van der Waals surface area contributed by atoms with E-state index in [2.05, 4.69) is 25.4 Å². The summed E-state index contributed by atoms with van der Waals surface area (Å²) in [5.41, 5.74) is -0.639. The first-order chi connectivity index (χ1) is 15.8. The molecule has 1 fully saturated rings. The molecule has 0 bridgehead atoms. The molecule has 1 aliphatic rings. The van der Waals surface area contributed by atoms with Gasteiger partial charge in [0.2, 0.25) is 5.88 Å². The molecule has 2 unspecified atom stereocenters. The van der Waals surface area contributed by atoms with Gasteiger partial charge in [-0.25, -0.2) is 9.89 Å². The standard InChI is InChI=1S/C20H18Cl3N5O5/c1-9(32-15-4-2-3-5-31-15)11-8-14(25-27-18(11)23)33-17-12(21)6-10(7-13(17)22)16-19(29)24-20(30)28-26-16/h6-9,15H,2-5H2,1H3,(H2,24,28,29,30). The monoisotopic (exact) mass is 513 g/mol. The minimum Gasteiger partial charge on any atom is -0.434 e. The van der Waals surface area contributed by atoms with Crippen LogP contribution < -0.4 is 16.0 Å². The van der Waals surface area contributed by atoms with Gasteiger partial charge < -0.3 is 14.2 Å². The number of benzene rings is 1. The summed E-state index contributed by atoms with van der Waals surface area (Å²) in [5.74, 6) is 0.181. The number of H-pyrrole nitrogens is 2. The maximum Gasteiger partial charge on any atom is 0.342 e. The minimum absolute atomic E-state index is 0.0607. The molecule has 3 heterocycles. The molecule has 174 valence electrons. The topological polar surface area (TPSA) is 132 Å². The highest BCUT2D eigenvalue weighted by molar-refractivity contribution is 6.37. The number of hydrogen-bond donors (Lipinski definition) is 2. The zero-order valence-corrected chi connectivity index (χ0v) is 19.5. The van der Waals surface area contributed by atoms with Crippen LogP contribution in [0.3, 0.4) is 0 Å². The number of aromatic amines is 2. The highest BCUT2D eigenvalue weighted by Crippen LogP contribution is 2.39. The van der Waals surface area contributed by atoms with Gasteiger partial charge in [-0.15, -0.1) is 10.2 Å². The molecule has 0 spiro atoms. The molecule has 2 atom stereocenters. The summed E-state index contributed by atoms with van der Waals surface area (Å²) in [6.07, 6.45) is 2.10. The van der Waals surface area contributed by atoms with E-state index in [1.54, 1.807) is 6.07 Å².